The highest BCUT2D eigenvalue weighted by atomic mass is 16.2. The van der Waals surface area contributed by atoms with Crippen LogP contribution in [0.5, 0.6) is 0 Å². The van der Waals surface area contributed by atoms with Crippen LogP contribution in [0.15, 0.2) is 0 Å². The third-order valence-electron chi connectivity index (χ3n) is 2.46. The highest BCUT2D eigenvalue weighted by molar-refractivity contribution is 5.74. The summed E-state index contributed by atoms with van der Waals surface area (Å²) < 4.78 is 0. The summed E-state index contributed by atoms with van der Waals surface area (Å²) in [6, 6.07) is 2.19. The maximum absolute atomic E-state index is 11.3. The normalized spacial score (nSPS) is 17.1. The number of urea groups is 1. The third kappa shape index (κ3) is 4.13. The molecule has 0 aliphatic heterocycles. The Kier molecular flexibility index (Phi) is 4.84. The van der Waals surface area contributed by atoms with Crippen molar-refractivity contribution in [2.24, 2.45) is 0 Å². The van der Waals surface area contributed by atoms with Crippen LogP contribution in [0.25, 0.3) is 0 Å². The van der Waals surface area contributed by atoms with E-state index in [2.05, 4.69) is 10.6 Å². The number of rotatable bonds is 3. The van der Waals surface area contributed by atoms with Crippen molar-refractivity contribution >= 4 is 6.03 Å². The first kappa shape index (κ1) is 10.8. The first-order valence-corrected chi connectivity index (χ1v) is 5.24. The molecule has 1 fully saturated rings. The lowest BCUT2D eigenvalue weighted by Crippen LogP contribution is -2.43. The SMILES string of the molecule is N#CCCNC(=O)NC1CCCCC1. The minimum atomic E-state index is -0.132. The van der Waals surface area contributed by atoms with Crippen molar-refractivity contribution in [2.75, 3.05) is 6.54 Å². The van der Waals surface area contributed by atoms with Gasteiger partial charge in [0.25, 0.3) is 0 Å². The number of nitrogens with one attached hydrogen (secondary N) is 2. The van der Waals surface area contributed by atoms with Gasteiger partial charge in [0, 0.05) is 12.6 Å². The second kappa shape index (κ2) is 6.25. The van der Waals surface area contributed by atoms with Crippen LogP contribution < -0.4 is 10.6 Å². The number of hydrogen-bond acceptors (Lipinski definition) is 2. The summed E-state index contributed by atoms with van der Waals surface area (Å²) in [5.74, 6) is 0. The zero-order chi connectivity index (χ0) is 10.2. The number of nitrogens with zero attached hydrogens (tertiary/aromatic N) is 1. The monoisotopic (exact) mass is 195 g/mol. The van der Waals surface area contributed by atoms with Gasteiger partial charge in [0.1, 0.15) is 0 Å². The molecule has 0 atom stereocenters. The molecule has 14 heavy (non-hydrogen) atoms. The zero-order valence-corrected chi connectivity index (χ0v) is 8.38. The summed E-state index contributed by atoms with van der Waals surface area (Å²) in [6.07, 6.45) is 6.26. The zero-order valence-electron chi connectivity index (χ0n) is 8.38. The highest BCUT2D eigenvalue weighted by Gasteiger charge is 2.14. The first-order valence-electron chi connectivity index (χ1n) is 5.24. The van der Waals surface area contributed by atoms with Gasteiger partial charge in [0.15, 0.2) is 0 Å². The molecule has 0 heterocycles. The molecule has 0 aromatic carbocycles. The Bertz CT molecular complexity index is 216. The quantitative estimate of drug-likeness (QED) is 0.671. The van der Waals surface area contributed by atoms with Crippen LogP contribution in [0.1, 0.15) is 38.5 Å². The van der Waals surface area contributed by atoms with Gasteiger partial charge < -0.3 is 10.6 Å². The van der Waals surface area contributed by atoms with Gasteiger partial charge in [0.05, 0.1) is 12.5 Å². The number of carbonyl (C=O) groups excluding carboxylic acids is 1. The van der Waals surface area contributed by atoms with Crippen molar-refractivity contribution in [1.29, 1.82) is 5.26 Å². The summed E-state index contributed by atoms with van der Waals surface area (Å²) in [5.41, 5.74) is 0. The molecule has 0 aromatic rings. The van der Waals surface area contributed by atoms with E-state index in [0.29, 0.717) is 19.0 Å². The molecule has 1 aliphatic rings. The Balaban J connectivity index is 2.10. The van der Waals surface area contributed by atoms with Crippen LogP contribution in [0.2, 0.25) is 0 Å². The van der Waals surface area contributed by atoms with E-state index in [0.717, 1.165) is 12.8 Å². The van der Waals surface area contributed by atoms with Crippen molar-refractivity contribution in [3.8, 4) is 6.07 Å². The predicted octanol–water partition coefficient (Wildman–Crippen LogP) is 1.53. The Morgan fingerprint density at radius 3 is 2.71 bits per heavy atom. The molecule has 4 nitrogen and oxygen atoms in total. The average molecular weight is 195 g/mol. The Hall–Kier alpha value is -1.24. The summed E-state index contributed by atoms with van der Waals surface area (Å²) in [7, 11) is 0. The molecular weight excluding hydrogens is 178 g/mol. The molecule has 4 heteroatoms. The maximum Gasteiger partial charge on any atom is 0.315 e. The van der Waals surface area contributed by atoms with E-state index in [-0.39, 0.29) is 6.03 Å². The van der Waals surface area contributed by atoms with Crippen LogP contribution >= 0.6 is 0 Å². The van der Waals surface area contributed by atoms with E-state index in [1.807, 2.05) is 6.07 Å². The van der Waals surface area contributed by atoms with Gasteiger partial charge in [-0.15, -0.1) is 0 Å². The second-order valence-corrected chi connectivity index (χ2v) is 3.64. The Morgan fingerprint density at radius 2 is 2.07 bits per heavy atom. The van der Waals surface area contributed by atoms with Crippen molar-refractivity contribution in [2.45, 2.75) is 44.6 Å². The van der Waals surface area contributed by atoms with Gasteiger partial charge in [-0.2, -0.15) is 5.26 Å². The Morgan fingerprint density at radius 1 is 1.36 bits per heavy atom. The summed E-state index contributed by atoms with van der Waals surface area (Å²) in [4.78, 5) is 11.3. The van der Waals surface area contributed by atoms with E-state index in [1.54, 1.807) is 0 Å². The van der Waals surface area contributed by atoms with Crippen LogP contribution in [-0.4, -0.2) is 18.6 Å². The number of hydrogen-bond donors (Lipinski definition) is 2. The second-order valence-electron chi connectivity index (χ2n) is 3.64. The number of nitriles is 1. The van der Waals surface area contributed by atoms with E-state index in [4.69, 9.17) is 5.26 Å². The van der Waals surface area contributed by atoms with Crippen LogP contribution in [0.4, 0.5) is 4.79 Å². The lowest BCUT2D eigenvalue weighted by molar-refractivity contribution is 0.233. The minimum Gasteiger partial charge on any atom is -0.337 e. The summed E-state index contributed by atoms with van der Waals surface area (Å²) in [5, 5.41) is 13.9. The lowest BCUT2D eigenvalue weighted by Gasteiger charge is -2.22. The molecule has 1 aliphatic carbocycles. The molecular formula is C10H17N3O. The fourth-order valence-corrected chi connectivity index (χ4v) is 1.72. The fourth-order valence-electron chi connectivity index (χ4n) is 1.72. The number of carbonyl (C=O) groups is 1. The van der Waals surface area contributed by atoms with Gasteiger partial charge in [-0.05, 0) is 12.8 Å². The van der Waals surface area contributed by atoms with Gasteiger partial charge >= 0.3 is 6.03 Å². The topological polar surface area (TPSA) is 64.9 Å². The molecule has 1 saturated carbocycles. The molecule has 0 radical (unpaired) electrons. The maximum atomic E-state index is 11.3. The first-order chi connectivity index (χ1) is 6.83. The molecule has 1 rings (SSSR count). The largest absolute Gasteiger partial charge is 0.337 e. The Labute approximate surface area is 84.7 Å². The lowest BCUT2D eigenvalue weighted by atomic mass is 9.96. The van der Waals surface area contributed by atoms with Crippen molar-refractivity contribution in [3.63, 3.8) is 0 Å². The molecule has 2 N–H and O–H groups in total. The van der Waals surface area contributed by atoms with E-state index in [1.165, 1.54) is 19.3 Å². The van der Waals surface area contributed by atoms with Crippen LogP contribution in [0.3, 0.4) is 0 Å². The standard InChI is InChI=1S/C10H17N3O/c11-7-4-8-12-10(14)13-9-5-2-1-3-6-9/h9H,1-6,8H2,(H2,12,13,14). The van der Waals surface area contributed by atoms with Crippen LogP contribution in [0, 0.1) is 11.3 Å². The molecule has 0 bridgehead atoms. The predicted molar refractivity (Wildman–Crippen MR) is 53.6 cm³/mol. The molecule has 0 saturated heterocycles. The van der Waals surface area contributed by atoms with Crippen molar-refractivity contribution in [3.05, 3.63) is 0 Å². The van der Waals surface area contributed by atoms with Gasteiger partial charge in [-0.1, -0.05) is 19.3 Å². The van der Waals surface area contributed by atoms with Crippen molar-refractivity contribution < 1.29 is 4.79 Å². The van der Waals surface area contributed by atoms with E-state index in [9.17, 15) is 4.79 Å². The fraction of sp³-hybridized carbons (Fsp3) is 0.800. The van der Waals surface area contributed by atoms with E-state index < -0.39 is 0 Å². The summed E-state index contributed by atoms with van der Waals surface area (Å²) in [6.45, 7) is 0.440. The smallest absolute Gasteiger partial charge is 0.315 e. The highest BCUT2D eigenvalue weighted by Crippen LogP contribution is 2.16. The van der Waals surface area contributed by atoms with Gasteiger partial charge in [-0.25, -0.2) is 4.79 Å². The van der Waals surface area contributed by atoms with Gasteiger partial charge in [-0.3, -0.25) is 0 Å². The molecule has 78 valence electrons. The molecule has 0 unspecified atom stereocenters. The van der Waals surface area contributed by atoms with Crippen LogP contribution in [-0.2, 0) is 0 Å². The van der Waals surface area contributed by atoms with E-state index >= 15 is 0 Å². The summed E-state index contributed by atoms with van der Waals surface area (Å²) >= 11 is 0. The van der Waals surface area contributed by atoms with Crippen molar-refractivity contribution in [1.82, 2.24) is 10.6 Å². The number of amides is 2. The average Bonchev–Trinajstić information content (AvgIpc) is 2.20. The van der Waals surface area contributed by atoms with Gasteiger partial charge in [0.2, 0.25) is 0 Å². The molecule has 2 amide bonds. The minimum absolute atomic E-state index is 0.132. The molecule has 0 spiro atoms. The molecule has 0 aromatic heterocycles. The third-order valence-corrected chi connectivity index (χ3v) is 2.46.